The average Bonchev–Trinajstić information content (AvgIpc) is 2.56. The summed E-state index contributed by atoms with van der Waals surface area (Å²) >= 11 is 0. The predicted octanol–water partition coefficient (Wildman–Crippen LogP) is 2.67. The minimum atomic E-state index is -0.122. The molecule has 0 bridgehead atoms. The molecule has 72 valence electrons. The Bertz CT molecular complexity index is 374. The van der Waals surface area contributed by atoms with E-state index < -0.39 is 0 Å². The molecule has 0 saturated carbocycles. The van der Waals surface area contributed by atoms with Crippen LogP contribution in [-0.2, 0) is 9.53 Å². The van der Waals surface area contributed by atoms with Gasteiger partial charge in [0.05, 0.1) is 6.42 Å². The Morgan fingerprint density at radius 3 is 2.50 bits per heavy atom. The van der Waals surface area contributed by atoms with Gasteiger partial charge in [0.25, 0.3) is 0 Å². The van der Waals surface area contributed by atoms with E-state index in [1.807, 2.05) is 37.3 Å². The highest BCUT2D eigenvalue weighted by Gasteiger charge is 2.16. The minimum absolute atomic E-state index is 0.122. The summed E-state index contributed by atoms with van der Waals surface area (Å²) in [5, 5.41) is 0. The number of hydrogen-bond donors (Lipinski definition) is 0. The van der Waals surface area contributed by atoms with Crippen LogP contribution in [0.2, 0.25) is 0 Å². The number of aryl methyl sites for hydroxylation is 1. The van der Waals surface area contributed by atoms with E-state index in [1.54, 1.807) is 0 Å². The van der Waals surface area contributed by atoms with E-state index in [0.29, 0.717) is 6.42 Å². The molecule has 1 aliphatic heterocycles. The molecular weight excluding hydrogens is 176 g/mol. The molecule has 0 spiro atoms. The average molecular weight is 188 g/mol. The van der Waals surface area contributed by atoms with Crippen LogP contribution in [0, 0.1) is 6.92 Å². The molecule has 1 heterocycles. The van der Waals surface area contributed by atoms with Crippen molar-refractivity contribution in [2.75, 3.05) is 0 Å². The van der Waals surface area contributed by atoms with Crippen LogP contribution >= 0.6 is 0 Å². The molecule has 1 fully saturated rings. The monoisotopic (exact) mass is 188 g/mol. The SMILES string of the molecule is Cc1ccc(/C=C2/CCC(=O)O2)cc1. The fourth-order valence-electron chi connectivity index (χ4n) is 1.42. The van der Waals surface area contributed by atoms with Crippen molar-refractivity contribution in [3.05, 3.63) is 41.2 Å². The highest BCUT2D eigenvalue weighted by atomic mass is 16.5. The quantitative estimate of drug-likeness (QED) is 0.633. The largest absolute Gasteiger partial charge is 0.431 e. The molecule has 14 heavy (non-hydrogen) atoms. The van der Waals surface area contributed by atoms with Gasteiger partial charge in [-0.3, -0.25) is 4.79 Å². The lowest BCUT2D eigenvalue weighted by atomic mass is 10.1. The summed E-state index contributed by atoms with van der Waals surface area (Å²) in [6.07, 6.45) is 3.16. The van der Waals surface area contributed by atoms with Crippen molar-refractivity contribution in [3.8, 4) is 0 Å². The number of hydrogen-bond acceptors (Lipinski definition) is 2. The molecule has 2 nitrogen and oxygen atoms in total. The second-order valence-electron chi connectivity index (χ2n) is 3.50. The number of carbonyl (C=O) groups is 1. The topological polar surface area (TPSA) is 26.3 Å². The maximum atomic E-state index is 10.8. The van der Waals surface area contributed by atoms with Crippen LogP contribution in [0.15, 0.2) is 30.0 Å². The molecule has 0 aromatic heterocycles. The van der Waals surface area contributed by atoms with Gasteiger partial charge in [-0.1, -0.05) is 29.8 Å². The van der Waals surface area contributed by atoms with Crippen molar-refractivity contribution in [2.24, 2.45) is 0 Å². The van der Waals surface area contributed by atoms with Crippen LogP contribution in [0.4, 0.5) is 0 Å². The third-order valence-electron chi connectivity index (χ3n) is 2.23. The van der Waals surface area contributed by atoms with Gasteiger partial charge < -0.3 is 4.74 Å². The number of carbonyl (C=O) groups excluding carboxylic acids is 1. The summed E-state index contributed by atoms with van der Waals surface area (Å²) in [7, 11) is 0. The Morgan fingerprint density at radius 1 is 1.21 bits per heavy atom. The van der Waals surface area contributed by atoms with Gasteiger partial charge in [-0.25, -0.2) is 0 Å². The summed E-state index contributed by atoms with van der Waals surface area (Å²) < 4.78 is 5.02. The minimum Gasteiger partial charge on any atom is -0.431 e. The smallest absolute Gasteiger partial charge is 0.311 e. The van der Waals surface area contributed by atoms with Crippen molar-refractivity contribution in [2.45, 2.75) is 19.8 Å². The van der Waals surface area contributed by atoms with Crippen LogP contribution < -0.4 is 0 Å². The Labute approximate surface area is 83.2 Å². The van der Waals surface area contributed by atoms with E-state index in [-0.39, 0.29) is 5.97 Å². The van der Waals surface area contributed by atoms with Gasteiger partial charge in [0.1, 0.15) is 5.76 Å². The lowest BCUT2D eigenvalue weighted by Crippen LogP contribution is -1.89. The molecule has 1 saturated heterocycles. The zero-order chi connectivity index (χ0) is 9.97. The molecule has 1 aromatic carbocycles. The summed E-state index contributed by atoms with van der Waals surface area (Å²) in [5.74, 6) is 0.655. The van der Waals surface area contributed by atoms with E-state index in [9.17, 15) is 4.79 Å². The van der Waals surface area contributed by atoms with Gasteiger partial charge in [-0.2, -0.15) is 0 Å². The molecule has 0 N–H and O–H groups in total. The van der Waals surface area contributed by atoms with Crippen molar-refractivity contribution in [3.63, 3.8) is 0 Å². The van der Waals surface area contributed by atoms with Crippen LogP contribution in [0.25, 0.3) is 6.08 Å². The van der Waals surface area contributed by atoms with Crippen LogP contribution in [0.5, 0.6) is 0 Å². The van der Waals surface area contributed by atoms with Crippen molar-refractivity contribution < 1.29 is 9.53 Å². The third kappa shape index (κ3) is 2.02. The molecular formula is C12H12O2. The first kappa shape index (κ1) is 9.00. The Morgan fingerprint density at radius 2 is 1.93 bits per heavy atom. The van der Waals surface area contributed by atoms with Gasteiger partial charge in [-0.15, -0.1) is 0 Å². The molecule has 0 radical (unpaired) electrons. The van der Waals surface area contributed by atoms with Crippen LogP contribution in [0.3, 0.4) is 0 Å². The highest BCUT2D eigenvalue weighted by Crippen LogP contribution is 2.20. The maximum Gasteiger partial charge on any atom is 0.311 e. The predicted molar refractivity (Wildman–Crippen MR) is 54.5 cm³/mol. The van der Waals surface area contributed by atoms with E-state index in [4.69, 9.17) is 4.74 Å². The third-order valence-corrected chi connectivity index (χ3v) is 2.23. The van der Waals surface area contributed by atoms with Crippen molar-refractivity contribution in [1.29, 1.82) is 0 Å². The number of esters is 1. The zero-order valence-corrected chi connectivity index (χ0v) is 8.12. The standard InChI is InChI=1S/C12H12O2/c1-9-2-4-10(5-3-9)8-11-6-7-12(13)14-11/h2-5,8H,6-7H2,1H3/b11-8-. The number of rotatable bonds is 1. The van der Waals surface area contributed by atoms with E-state index >= 15 is 0 Å². The highest BCUT2D eigenvalue weighted by molar-refractivity contribution is 5.75. The molecule has 0 unspecified atom stereocenters. The number of benzene rings is 1. The molecule has 1 aromatic rings. The lowest BCUT2D eigenvalue weighted by molar-refractivity contribution is -0.135. The number of allylic oxidation sites excluding steroid dienone is 1. The fourth-order valence-corrected chi connectivity index (χ4v) is 1.42. The van der Waals surface area contributed by atoms with Gasteiger partial charge in [0.2, 0.25) is 0 Å². The van der Waals surface area contributed by atoms with Crippen LogP contribution in [-0.4, -0.2) is 5.97 Å². The first-order valence-electron chi connectivity index (χ1n) is 4.72. The molecule has 2 rings (SSSR count). The van der Waals surface area contributed by atoms with Gasteiger partial charge in [0.15, 0.2) is 0 Å². The Balaban J connectivity index is 2.17. The number of cyclic esters (lactones) is 1. The zero-order valence-electron chi connectivity index (χ0n) is 8.12. The summed E-state index contributed by atoms with van der Waals surface area (Å²) in [4.78, 5) is 10.8. The fraction of sp³-hybridized carbons (Fsp3) is 0.250. The lowest BCUT2D eigenvalue weighted by Gasteiger charge is -1.97. The molecule has 0 amide bonds. The van der Waals surface area contributed by atoms with Crippen molar-refractivity contribution >= 4 is 12.0 Å². The maximum absolute atomic E-state index is 10.8. The second-order valence-corrected chi connectivity index (χ2v) is 3.50. The van der Waals surface area contributed by atoms with E-state index in [2.05, 4.69) is 0 Å². The molecule has 0 atom stereocenters. The summed E-state index contributed by atoms with van der Waals surface area (Å²) in [5.41, 5.74) is 2.32. The van der Waals surface area contributed by atoms with E-state index in [0.717, 1.165) is 17.7 Å². The Hall–Kier alpha value is -1.57. The normalized spacial score (nSPS) is 18.6. The van der Waals surface area contributed by atoms with Gasteiger partial charge in [0, 0.05) is 6.42 Å². The van der Waals surface area contributed by atoms with Gasteiger partial charge >= 0.3 is 5.97 Å². The first-order chi connectivity index (χ1) is 6.74. The summed E-state index contributed by atoms with van der Waals surface area (Å²) in [6.45, 7) is 2.05. The molecule has 0 aliphatic carbocycles. The molecule has 1 aliphatic rings. The number of ether oxygens (including phenoxy) is 1. The van der Waals surface area contributed by atoms with Crippen molar-refractivity contribution in [1.82, 2.24) is 0 Å². The van der Waals surface area contributed by atoms with E-state index in [1.165, 1.54) is 5.56 Å². The Kier molecular flexibility index (Phi) is 2.35. The second kappa shape index (κ2) is 3.66. The van der Waals surface area contributed by atoms with Crippen LogP contribution in [0.1, 0.15) is 24.0 Å². The first-order valence-corrected chi connectivity index (χ1v) is 4.72. The summed E-state index contributed by atoms with van der Waals surface area (Å²) in [6, 6.07) is 8.13. The van der Waals surface area contributed by atoms with Gasteiger partial charge in [-0.05, 0) is 18.6 Å². The molecule has 2 heteroatoms.